The number of hydrogen-bond donors (Lipinski definition) is 1. The monoisotopic (exact) mass is 156 g/mol. The molecule has 0 rings (SSSR count). The second kappa shape index (κ2) is 5.54. The van der Waals surface area contributed by atoms with Gasteiger partial charge in [0.1, 0.15) is 0 Å². The van der Waals surface area contributed by atoms with E-state index in [0.717, 1.165) is 12.8 Å². The summed E-state index contributed by atoms with van der Waals surface area (Å²) in [5.41, 5.74) is 0. The zero-order chi connectivity index (χ0) is 6.41. The summed E-state index contributed by atoms with van der Waals surface area (Å²) in [7, 11) is 0. The van der Waals surface area contributed by atoms with Crippen LogP contribution < -0.4 is 0 Å². The predicted octanol–water partition coefficient (Wildman–Crippen LogP) is 1.23. The van der Waals surface area contributed by atoms with Crippen molar-refractivity contribution in [3.63, 3.8) is 0 Å². The van der Waals surface area contributed by atoms with Crippen LogP contribution in [0.25, 0.3) is 0 Å². The first kappa shape index (κ1) is 8.40. The second-order valence-electron chi connectivity index (χ2n) is 1.42. The predicted molar refractivity (Wildman–Crippen MR) is 35.6 cm³/mol. The van der Waals surface area contributed by atoms with Gasteiger partial charge in [-0.25, -0.2) is 4.21 Å². The fraction of sp³-hybridized carbons (Fsp3) is 1.00. The topological polar surface area (TPSA) is 37.3 Å². The van der Waals surface area contributed by atoms with Gasteiger partial charge >= 0.3 is 0 Å². The normalized spacial score (nSPS) is 13.8. The van der Waals surface area contributed by atoms with E-state index in [4.69, 9.17) is 16.2 Å². The molecule has 0 bridgehead atoms. The van der Waals surface area contributed by atoms with E-state index in [-0.39, 0.29) is 0 Å². The van der Waals surface area contributed by atoms with Gasteiger partial charge in [-0.2, -0.15) is 0 Å². The summed E-state index contributed by atoms with van der Waals surface area (Å²) in [6.45, 7) is 0. The van der Waals surface area contributed by atoms with Crippen molar-refractivity contribution in [2.75, 3.05) is 11.6 Å². The Kier molecular flexibility index (Phi) is 5.81. The summed E-state index contributed by atoms with van der Waals surface area (Å²) in [4.78, 5) is 0. The van der Waals surface area contributed by atoms with Crippen LogP contribution in [0.5, 0.6) is 0 Å². The zero-order valence-electron chi connectivity index (χ0n) is 4.47. The number of unbranched alkanes of at least 4 members (excludes halogenated alkanes) is 1. The van der Waals surface area contributed by atoms with Crippen molar-refractivity contribution in [3.05, 3.63) is 0 Å². The summed E-state index contributed by atoms with van der Waals surface area (Å²) in [5.74, 6) is 0.934. The molecule has 1 N–H and O–H groups in total. The van der Waals surface area contributed by atoms with Crippen LogP contribution in [-0.2, 0) is 11.1 Å². The molecule has 0 radical (unpaired) electrons. The van der Waals surface area contributed by atoms with Crippen molar-refractivity contribution in [3.8, 4) is 0 Å². The molecular formula is C4H9ClO2S. The molecule has 1 unspecified atom stereocenters. The van der Waals surface area contributed by atoms with E-state index in [1.165, 1.54) is 0 Å². The highest BCUT2D eigenvalue weighted by molar-refractivity contribution is 7.79. The van der Waals surface area contributed by atoms with E-state index in [1.807, 2.05) is 0 Å². The van der Waals surface area contributed by atoms with Crippen LogP contribution in [0.4, 0.5) is 0 Å². The van der Waals surface area contributed by atoms with Crippen molar-refractivity contribution in [2.45, 2.75) is 12.8 Å². The third-order valence-corrected chi connectivity index (χ3v) is 1.61. The molecule has 0 aromatic heterocycles. The molecule has 2 nitrogen and oxygen atoms in total. The second-order valence-corrected chi connectivity index (χ2v) is 2.85. The third kappa shape index (κ3) is 6.40. The minimum atomic E-state index is -1.63. The lowest BCUT2D eigenvalue weighted by Crippen LogP contribution is -1.94. The molecule has 0 spiro atoms. The first-order valence-electron chi connectivity index (χ1n) is 2.41. The van der Waals surface area contributed by atoms with Crippen molar-refractivity contribution < 1.29 is 8.76 Å². The molecule has 8 heavy (non-hydrogen) atoms. The summed E-state index contributed by atoms with van der Waals surface area (Å²) in [6, 6.07) is 0. The van der Waals surface area contributed by atoms with Crippen LogP contribution in [0.15, 0.2) is 0 Å². The Hall–Kier alpha value is 0.400. The first-order valence-corrected chi connectivity index (χ1v) is 4.22. The molecule has 0 aromatic rings. The van der Waals surface area contributed by atoms with Crippen LogP contribution in [0.1, 0.15) is 12.8 Å². The molecule has 0 aromatic carbocycles. The van der Waals surface area contributed by atoms with Gasteiger partial charge in [-0.1, -0.05) is 0 Å². The Morgan fingerprint density at radius 1 is 1.50 bits per heavy atom. The molecule has 0 aliphatic heterocycles. The Labute approximate surface area is 56.5 Å². The van der Waals surface area contributed by atoms with Gasteiger partial charge in [0.05, 0.1) is 0 Å². The molecule has 1 atom stereocenters. The van der Waals surface area contributed by atoms with Gasteiger partial charge in [0.2, 0.25) is 0 Å². The largest absolute Gasteiger partial charge is 0.306 e. The summed E-state index contributed by atoms with van der Waals surface area (Å²) in [6.07, 6.45) is 1.57. The van der Waals surface area contributed by atoms with Crippen molar-refractivity contribution in [1.29, 1.82) is 0 Å². The van der Waals surface area contributed by atoms with E-state index >= 15 is 0 Å². The minimum absolute atomic E-state index is 0.354. The Bertz CT molecular complexity index is 76.4. The van der Waals surface area contributed by atoms with Crippen molar-refractivity contribution >= 4 is 22.7 Å². The average molecular weight is 157 g/mol. The third-order valence-electron chi connectivity index (χ3n) is 0.703. The van der Waals surface area contributed by atoms with Crippen LogP contribution in [0.3, 0.4) is 0 Å². The molecule has 0 aliphatic rings. The fourth-order valence-electron chi connectivity index (χ4n) is 0.320. The smallest absolute Gasteiger partial charge is 0.152 e. The fourth-order valence-corrected chi connectivity index (χ4v) is 0.960. The molecule has 0 aliphatic carbocycles. The number of hydrogen-bond acceptors (Lipinski definition) is 1. The Morgan fingerprint density at radius 3 is 2.50 bits per heavy atom. The first-order chi connectivity index (χ1) is 3.77. The highest BCUT2D eigenvalue weighted by Gasteiger charge is 1.90. The van der Waals surface area contributed by atoms with Crippen LogP contribution >= 0.6 is 11.6 Å². The minimum Gasteiger partial charge on any atom is -0.306 e. The lowest BCUT2D eigenvalue weighted by atomic mass is 10.4. The maximum atomic E-state index is 9.94. The van der Waals surface area contributed by atoms with Crippen LogP contribution in [0.2, 0.25) is 0 Å². The molecule has 0 fully saturated rings. The lowest BCUT2D eigenvalue weighted by Gasteiger charge is -1.89. The molecule has 4 heteroatoms. The van der Waals surface area contributed by atoms with E-state index in [1.54, 1.807) is 0 Å². The number of halogens is 1. The van der Waals surface area contributed by atoms with Crippen molar-refractivity contribution in [1.82, 2.24) is 0 Å². The summed E-state index contributed by atoms with van der Waals surface area (Å²) < 4.78 is 18.2. The standard InChI is InChI=1S/C4H9ClO2S/c5-3-1-2-4-8(6)7/h1-4H2,(H,6,7). The maximum Gasteiger partial charge on any atom is 0.152 e. The van der Waals surface area contributed by atoms with Gasteiger partial charge in [0.25, 0.3) is 0 Å². The highest BCUT2D eigenvalue weighted by atomic mass is 35.5. The van der Waals surface area contributed by atoms with Gasteiger partial charge in [-0.05, 0) is 12.8 Å². The van der Waals surface area contributed by atoms with Gasteiger partial charge in [-0.3, -0.25) is 0 Å². The summed E-state index contributed by atoms with van der Waals surface area (Å²) in [5, 5.41) is 0. The zero-order valence-corrected chi connectivity index (χ0v) is 6.04. The average Bonchev–Trinajstić information content (AvgIpc) is 1.66. The number of rotatable bonds is 4. The molecule has 0 amide bonds. The maximum absolute atomic E-state index is 9.94. The number of alkyl halides is 1. The molecule has 50 valence electrons. The van der Waals surface area contributed by atoms with E-state index in [9.17, 15) is 4.21 Å². The van der Waals surface area contributed by atoms with Crippen LogP contribution in [-0.4, -0.2) is 20.4 Å². The summed E-state index contributed by atoms with van der Waals surface area (Å²) >= 11 is 3.68. The Morgan fingerprint density at radius 2 is 2.12 bits per heavy atom. The van der Waals surface area contributed by atoms with E-state index in [0.29, 0.717) is 11.6 Å². The SMILES string of the molecule is O=S(O)CCCCCl. The quantitative estimate of drug-likeness (QED) is 0.378. The van der Waals surface area contributed by atoms with Gasteiger partial charge in [0.15, 0.2) is 11.1 Å². The molecule has 0 saturated heterocycles. The van der Waals surface area contributed by atoms with Crippen LogP contribution in [0, 0.1) is 0 Å². The molecular weight excluding hydrogens is 148 g/mol. The van der Waals surface area contributed by atoms with Gasteiger partial charge in [0, 0.05) is 11.6 Å². The molecule has 0 heterocycles. The Balaban J connectivity index is 2.82. The van der Waals surface area contributed by atoms with Gasteiger partial charge in [-0.15, -0.1) is 11.6 Å². The van der Waals surface area contributed by atoms with Gasteiger partial charge < -0.3 is 4.55 Å². The van der Waals surface area contributed by atoms with Crippen molar-refractivity contribution in [2.24, 2.45) is 0 Å². The lowest BCUT2D eigenvalue weighted by molar-refractivity contribution is 0.561. The highest BCUT2D eigenvalue weighted by Crippen LogP contribution is 1.92. The van der Waals surface area contributed by atoms with E-state index < -0.39 is 11.1 Å². The van der Waals surface area contributed by atoms with E-state index in [2.05, 4.69) is 0 Å². The molecule has 0 saturated carbocycles.